The molecule has 27 heavy (non-hydrogen) atoms. The zero-order valence-corrected chi connectivity index (χ0v) is 16.5. The van der Waals surface area contributed by atoms with E-state index in [0.29, 0.717) is 6.54 Å². The van der Waals surface area contributed by atoms with Crippen LogP contribution in [0.3, 0.4) is 0 Å². The van der Waals surface area contributed by atoms with Crippen LogP contribution in [0.4, 0.5) is 4.39 Å². The Kier molecular flexibility index (Phi) is 5.95. The fourth-order valence-corrected chi connectivity index (χ4v) is 4.80. The minimum absolute atomic E-state index is 0.0597. The highest BCUT2D eigenvalue weighted by molar-refractivity contribution is 7.89. The predicted octanol–water partition coefficient (Wildman–Crippen LogP) is 2.27. The lowest BCUT2D eigenvalue weighted by Gasteiger charge is -2.40. The molecule has 5 nitrogen and oxygen atoms in total. The lowest BCUT2D eigenvalue weighted by atomic mass is 9.92. The summed E-state index contributed by atoms with van der Waals surface area (Å²) in [6.07, 6.45) is 0. The highest BCUT2D eigenvalue weighted by Gasteiger charge is 2.35. The summed E-state index contributed by atoms with van der Waals surface area (Å²) in [6, 6.07) is 14.5. The summed E-state index contributed by atoms with van der Waals surface area (Å²) in [6.45, 7) is 6.15. The second kappa shape index (κ2) is 8.06. The molecule has 1 heterocycles. The molecule has 0 radical (unpaired) electrons. The topological polar surface area (TPSA) is 52.6 Å². The number of likely N-dealkylation sites (N-methyl/N-ethyl adjacent to an activating group) is 1. The number of piperazine rings is 1. The van der Waals surface area contributed by atoms with Gasteiger partial charge in [-0.15, -0.1) is 0 Å². The van der Waals surface area contributed by atoms with Gasteiger partial charge in [0.1, 0.15) is 5.82 Å². The van der Waals surface area contributed by atoms with E-state index >= 15 is 0 Å². The fraction of sp³-hybridized carbons (Fsp3) is 0.400. The highest BCUT2D eigenvalue weighted by Crippen LogP contribution is 2.25. The van der Waals surface area contributed by atoms with Crippen LogP contribution >= 0.6 is 0 Å². The summed E-state index contributed by atoms with van der Waals surface area (Å²) in [4.78, 5) is 4.60. The maximum atomic E-state index is 13.2. The molecule has 1 N–H and O–H groups in total. The van der Waals surface area contributed by atoms with Gasteiger partial charge in [0.05, 0.1) is 10.4 Å². The van der Waals surface area contributed by atoms with Gasteiger partial charge in [-0.3, -0.25) is 4.90 Å². The third-order valence-electron chi connectivity index (χ3n) is 5.03. The first-order valence-electron chi connectivity index (χ1n) is 9.04. The van der Waals surface area contributed by atoms with Crippen molar-refractivity contribution in [3.63, 3.8) is 0 Å². The van der Waals surface area contributed by atoms with Crippen LogP contribution < -0.4 is 4.72 Å². The SMILES string of the molecule is CN1CCN(C[C@](C)(NS(=O)(=O)c2ccc(F)cc2)c2ccccc2)CC1. The summed E-state index contributed by atoms with van der Waals surface area (Å²) in [7, 11) is -1.71. The Hall–Kier alpha value is -1.80. The van der Waals surface area contributed by atoms with Gasteiger partial charge in [0.15, 0.2) is 0 Å². The Morgan fingerprint density at radius 3 is 2.19 bits per heavy atom. The van der Waals surface area contributed by atoms with Gasteiger partial charge >= 0.3 is 0 Å². The molecule has 0 spiro atoms. The lowest BCUT2D eigenvalue weighted by Crippen LogP contribution is -2.55. The number of nitrogens with zero attached hydrogens (tertiary/aromatic N) is 2. The van der Waals surface area contributed by atoms with Crippen molar-refractivity contribution in [2.75, 3.05) is 39.8 Å². The van der Waals surface area contributed by atoms with E-state index in [-0.39, 0.29) is 4.90 Å². The predicted molar refractivity (Wildman–Crippen MR) is 104 cm³/mol. The molecule has 0 aliphatic carbocycles. The second-order valence-corrected chi connectivity index (χ2v) is 9.02. The number of rotatable bonds is 6. The molecule has 3 rings (SSSR count). The van der Waals surface area contributed by atoms with Gasteiger partial charge in [0, 0.05) is 32.7 Å². The molecule has 1 aliphatic rings. The maximum Gasteiger partial charge on any atom is 0.241 e. The largest absolute Gasteiger partial charge is 0.304 e. The molecule has 0 unspecified atom stereocenters. The number of nitrogens with one attached hydrogen (secondary N) is 1. The third-order valence-corrected chi connectivity index (χ3v) is 6.64. The van der Waals surface area contributed by atoms with Crippen molar-refractivity contribution in [1.29, 1.82) is 0 Å². The molecule has 1 fully saturated rings. The molecule has 0 saturated carbocycles. The van der Waals surface area contributed by atoms with Crippen LogP contribution in [0.15, 0.2) is 59.5 Å². The van der Waals surface area contributed by atoms with E-state index in [2.05, 4.69) is 21.6 Å². The third kappa shape index (κ3) is 4.93. The van der Waals surface area contributed by atoms with Gasteiger partial charge in [-0.25, -0.2) is 12.8 Å². The van der Waals surface area contributed by atoms with Crippen LogP contribution in [0, 0.1) is 5.82 Å². The molecule has 0 bridgehead atoms. The Bertz CT molecular complexity index is 851. The Balaban J connectivity index is 1.89. The van der Waals surface area contributed by atoms with Gasteiger partial charge in [-0.1, -0.05) is 30.3 Å². The molecule has 1 saturated heterocycles. The fourth-order valence-electron chi connectivity index (χ4n) is 3.41. The number of hydrogen-bond acceptors (Lipinski definition) is 4. The number of sulfonamides is 1. The summed E-state index contributed by atoms with van der Waals surface area (Å²) >= 11 is 0. The van der Waals surface area contributed by atoms with Crippen LogP contribution in [0.1, 0.15) is 12.5 Å². The number of halogens is 1. The van der Waals surface area contributed by atoms with Crippen LogP contribution in [0.25, 0.3) is 0 Å². The van der Waals surface area contributed by atoms with Gasteiger partial charge in [-0.2, -0.15) is 4.72 Å². The second-order valence-electron chi connectivity index (χ2n) is 7.34. The highest BCUT2D eigenvalue weighted by atomic mass is 32.2. The number of hydrogen-bond donors (Lipinski definition) is 1. The minimum Gasteiger partial charge on any atom is -0.304 e. The molecule has 146 valence electrons. The van der Waals surface area contributed by atoms with Crippen molar-refractivity contribution in [2.24, 2.45) is 0 Å². The van der Waals surface area contributed by atoms with E-state index in [1.807, 2.05) is 37.3 Å². The van der Waals surface area contributed by atoms with Crippen molar-refractivity contribution in [1.82, 2.24) is 14.5 Å². The summed E-state index contributed by atoms with van der Waals surface area (Å²) in [5, 5.41) is 0. The first kappa shape index (κ1) is 19.9. The summed E-state index contributed by atoms with van der Waals surface area (Å²) in [5.41, 5.74) is 0.0966. The first-order chi connectivity index (χ1) is 12.8. The molecule has 2 aromatic carbocycles. The standard InChI is InChI=1S/C20H26FN3O2S/c1-20(17-6-4-3-5-7-17,16-24-14-12-23(2)13-15-24)22-27(25,26)19-10-8-18(21)9-11-19/h3-11,22H,12-16H2,1-2H3/t20-/m0/s1. The van der Waals surface area contributed by atoms with Gasteiger partial charge in [-0.05, 0) is 43.8 Å². The van der Waals surface area contributed by atoms with E-state index in [9.17, 15) is 12.8 Å². The van der Waals surface area contributed by atoms with Crippen LogP contribution in [0.5, 0.6) is 0 Å². The van der Waals surface area contributed by atoms with Crippen molar-refractivity contribution in [3.05, 3.63) is 66.0 Å². The first-order valence-corrected chi connectivity index (χ1v) is 10.5. The lowest BCUT2D eigenvalue weighted by molar-refractivity contribution is 0.125. The average molecular weight is 392 g/mol. The van der Waals surface area contributed by atoms with Crippen LogP contribution in [-0.2, 0) is 15.6 Å². The zero-order chi connectivity index (χ0) is 19.5. The van der Waals surface area contributed by atoms with Crippen LogP contribution in [-0.4, -0.2) is 58.0 Å². The molecular formula is C20H26FN3O2S. The molecule has 2 aromatic rings. The molecular weight excluding hydrogens is 365 g/mol. The van der Waals surface area contributed by atoms with Crippen molar-refractivity contribution < 1.29 is 12.8 Å². The van der Waals surface area contributed by atoms with E-state index < -0.39 is 21.4 Å². The Morgan fingerprint density at radius 2 is 1.59 bits per heavy atom. The monoisotopic (exact) mass is 391 g/mol. The quantitative estimate of drug-likeness (QED) is 0.821. The molecule has 0 amide bonds. The minimum atomic E-state index is -3.80. The van der Waals surface area contributed by atoms with Crippen molar-refractivity contribution >= 4 is 10.0 Å². The van der Waals surface area contributed by atoms with Crippen LogP contribution in [0.2, 0.25) is 0 Å². The zero-order valence-electron chi connectivity index (χ0n) is 15.7. The molecule has 1 aliphatic heterocycles. The molecule has 7 heteroatoms. The Morgan fingerprint density at radius 1 is 1.00 bits per heavy atom. The smallest absolute Gasteiger partial charge is 0.241 e. The molecule has 1 atom stereocenters. The summed E-state index contributed by atoms with van der Waals surface area (Å²) < 4.78 is 42.0. The van der Waals surface area contributed by atoms with E-state index in [0.717, 1.165) is 43.9 Å². The van der Waals surface area contributed by atoms with Crippen molar-refractivity contribution in [2.45, 2.75) is 17.4 Å². The average Bonchev–Trinajstić information content (AvgIpc) is 2.64. The van der Waals surface area contributed by atoms with Gasteiger partial charge < -0.3 is 4.90 Å². The maximum absolute atomic E-state index is 13.2. The van der Waals surface area contributed by atoms with Gasteiger partial charge in [0.25, 0.3) is 0 Å². The Labute approximate surface area is 160 Å². The molecule has 0 aromatic heterocycles. The van der Waals surface area contributed by atoms with E-state index in [1.165, 1.54) is 12.1 Å². The van der Waals surface area contributed by atoms with E-state index in [1.54, 1.807) is 0 Å². The van der Waals surface area contributed by atoms with E-state index in [4.69, 9.17) is 0 Å². The number of benzene rings is 2. The normalized spacial score (nSPS) is 18.9. The van der Waals surface area contributed by atoms with Gasteiger partial charge in [0.2, 0.25) is 10.0 Å². The summed E-state index contributed by atoms with van der Waals surface area (Å²) in [5.74, 6) is -0.461. The van der Waals surface area contributed by atoms with Crippen molar-refractivity contribution in [3.8, 4) is 0 Å².